The second kappa shape index (κ2) is 6.73. The zero-order chi connectivity index (χ0) is 16.2. The summed E-state index contributed by atoms with van der Waals surface area (Å²) in [5.41, 5.74) is 12.1. The van der Waals surface area contributed by atoms with Crippen molar-refractivity contribution < 1.29 is 4.74 Å². The Balaban J connectivity index is 1.68. The molecule has 2 aromatic carbocycles. The monoisotopic (exact) mass is 309 g/mol. The third-order valence-corrected chi connectivity index (χ3v) is 4.23. The summed E-state index contributed by atoms with van der Waals surface area (Å²) in [6.07, 6.45) is 3.59. The van der Waals surface area contributed by atoms with E-state index in [0.29, 0.717) is 12.5 Å². The molecule has 0 radical (unpaired) electrons. The van der Waals surface area contributed by atoms with Crippen LogP contribution in [0.4, 0.5) is 5.69 Å². The predicted octanol–water partition coefficient (Wildman–Crippen LogP) is 3.42. The van der Waals surface area contributed by atoms with Gasteiger partial charge < -0.3 is 15.8 Å². The zero-order valence-corrected chi connectivity index (χ0v) is 13.7. The van der Waals surface area contributed by atoms with E-state index in [9.17, 15) is 0 Å². The molecule has 120 valence electrons. The summed E-state index contributed by atoms with van der Waals surface area (Å²) >= 11 is 0. The number of aliphatic imine (C=N–C) groups is 1. The normalized spacial score (nSPS) is 13.7. The Morgan fingerprint density at radius 1 is 1.17 bits per heavy atom. The van der Waals surface area contributed by atoms with Gasteiger partial charge in [-0.05, 0) is 61.1 Å². The molecule has 0 saturated carbocycles. The lowest BCUT2D eigenvalue weighted by Crippen LogP contribution is -2.22. The van der Waals surface area contributed by atoms with Crippen molar-refractivity contribution in [2.45, 2.75) is 32.7 Å². The Kier molecular flexibility index (Phi) is 4.51. The second-order valence-corrected chi connectivity index (χ2v) is 5.98. The Bertz CT molecular complexity index is 737. The molecule has 0 fully saturated rings. The molecule has 3 N–H and O–H groups in total. The summed E-state index contributed by atoms with van der Waals surface area (Å²) in [7, 11) is 1.67. The van der Waals surface area contributed by atoms with Crippen molar-refractivity contribution >= 4 is 11.6 Å². The summed E-state index contributed by atoms with van der Waals surface area (Å²) in [5, 5.41) is 3.18. The summed E-state index contributed by atoms with van der Waals surface area (Å²) < 4.78 is 5.40. The fourth-order valence-corrected chi connectivity index (χ4v) is 2.99. The van der Waals surface area contributed by atoms with Crippen molar-refractivity contribution in [2.75, 3.05) is 12.4 Å². The van der Waals surface area contributed by atoms with Crippen molar-refractivity contribution in [1.82, 2.24) is 0 Å². The molecule has 0 atom stereocenters. The number of benzene rings is 2. The van der Waals surface area contributed by atoms with E-state index < -0.39 is 0 Å². The molecule has 0 aromatic heterocycles. The van der Waals surface area contributed by atoms with E-state index in [-0.39, 0.29) is 0 Å². The van der Waals surface area contributed by atoms with Gasteiger partial charge in [0, 0.05) is 11.3 Å². The first-order valence-corrected chi connectivity index (χ1v) is 7.98. The number of aryl methyl sites for hydroxylation is 3. The van der Waals surface area contributed by atoms with Crippen molar-refractivity contribution in [3.63, 3.8) is 0 Å². The number of nitrogens with two attached hydrogens (primary N) is 1. The van der Waals surface area contributed by atoms with Crippen LogP contribution in [-0.2, 0) is 19.4 Å². The standard InChI is InChI=1S/C19H23N3O/c1-13-6-7-16(18(10-13)23-2)12-21-19(20)22-17-9-8-14-4-3-5-15(14)11-17/h6-11H,3-5,12H2,1-2H3,(H3,20,21,22). The van der Waals surface area contributed by atoms with E-state index in [1.165, 1.54) is 29.5 Å². The molecule has 0 amide bonds. The van der Waals surface area contributed by atoms with Gasteiger partial charge in [-0.2, -0.15) is 0 Å². The quantitative estimate of drug-likeness (QED) is 0.672. The Labute approximate surface area is 137 Å². The van der Waals surface area contributed by atoms with Gasteiger partial charge in [0.05, 0.1) is 13.7 Å². The number of anilines is 1. The molecule has 0 unspecified atom stereocenters. The molecular formula is C19H23N3O. The van der Waals surface area contributed by atoms with E-state index in [4.69, 9.17) is 10.5 Å². The van der Waals surface area contributed by atoms with Gasteiger partial charge in [0.1, 0.15) is 5.75 Å². The molecule has 3 rings (SSSR count). The molecule has 1 aliphatic carbocycles. The van der Waals surface area contributed by atoms with Gasteiger partial charge in [-0.25, -0.2) is 4.99 Å². The number of ether oxygens (including phenoxy) is 1. The highest BCUT2D eigenvalue weighted by molar-refractivity contribution is 5.92. The van der Waals surface area contributed by atoms with Gasteiger partial charge >= 0.3 is 0 Å². The first-order valence-electron chi connectivity index (χ1n) is 7.98. The van der Waals surface area contributed by atoms with Crippen LogP contribution in [0, 0.1) is 6.92 Å². The second-order valence-electron chi connectivity index (χ2n) is 5.98. The largest absolute Gasteiger partial charge is 0.496 e. The van der Waals surface area contributed by atoms with Gasteiger partial charge in [-0.15, -0.1) is 0 Å². The van der Waals surface area contributed by atoms with Crippen LogP contribution in [0.1, 0.15) is 28.7 Å². The first-order chi connectivity index (χ1) is 11.2. The number of hydrogen-bond donors (Lipinski definition) is 2. The number of hydrogen-bond acceptors (Lipinski definition) is 2. The number of nitrogens with zero attached hydrogens (tertiary/aromatic N) is 1. The lowest BCUT2D eigenvalue weighted by Gasteiger charge is -2.10. The lowest BCUT2D eigenvalue weighted by molar-refractivity contribution is 0.409. The predicted molar refractivity (Wildman–Crippen MR) is 95.1 cm³/mol. The third-order valence-electron chi connectivity index (χ3n) is 4.23. The van der Waals surface area contributed by atoms with E-state index >= 15 is 0 Å². The average molecular weight is 309 g/mol. The van der Waals surface area contributed by atoms with E-state index in [0.717, 1.165) is 23.4 Å². The van der Waals surface area contributed by atoms with Gasteiger partial charge in [0.15, 0.2) is 5.96 Å². The molecule has 0 aliphatic heterocycles. The Morgan fingerprint density at radius 3 is 2.83 bits per heavy atom. The van der Waals surface area contributed by atoms with Crippen LogP contribution in [-0.4, -0.2) is 13.1 Å². The van der Waals surface area contributed by atoms with Crippen molar-refractivity contribution in [3.8, 4) is 5.75 Å². The highest BCUT2D eigenvalue weighted by Crippen LogP contribution is 2.25. The Morgan fingerprint density at radius 2 is 2.00 bits per heavy atom. The molecule has 4 nitrogen and oxygen atoms in total. The molecule has 2 aromatic rings. The van der Waals surface area contributed by atoms with Crippen LogP contribution in [0.5, 0.6) is 5.75 Å². The molecule has 0 spiro atoms. The van der Waals surface area contributed by atoms with Gasteiger partial charge in [0.2, 0.25) is 0 Å². The van der Waals surface area contributed by atoms with Crippen LogP contribution in [0.3, 0.4) is 0 Å². The summed E-state index contributed by atoms with van der Waals surface area (Å²) in [4.78, 5) is 4.42. The van der Waals surface area contributed by atoms with Crippen molar-refractivity contribution in [1.29, 1.82) is 0 Å². The SMILES string of the molecule is COc1cc(C)ccc1CN=C(N)Nc1ccc2c(c1)CCC2. The molecule has 0 saturated heterocycles. The maximum atomic E-state index is 6.02. The average Bonchev–Trinajstić information content (AvgIpc) is 3.01. The van der Waals surface area contributed by atoms with Crippen LogP contribution in [0.25, 0.3) is 0 Å². The van der Waals surface area contributed by atoms with Gasteiger partial charge in [-0.1, -0.05) is 18.2 Å². The molecule has 1 aliphatic rings. The van der Waals surface area contributed by atoms with E-state index in [1.807, 2.05) is 19.1 Å². The maximum Gasteiger partial charge on any atom is 0.193 e. The lowest BCUT2D eigenvalue weighted by atomic mass is 10.1. The minimum Gasteiger partial charge on any atom is -0.496 e. The van der Waals surface area contributed by atoms with Crippen LogP contribution >= 0.6 is 0 Å². The zero-order valence-electron chi connectivity index (χ0n) is 13.7. The smallest absolute Gasteiger partial charge is 0.193 e. The number of nitrogens with one attached hydrogen (secondary N) is 1. The van der Waals surface area contributed by atoms with Crippen molar-refractivity contribution in [2.24, 2.45) is 10.7 Å². The molecule has 4 heteroatoms. The molecule has 23 heavy (non-hydrogen) atoms. The van der Waals surface area contributed by atoms with Crippen LogP contribution in [0.15, 0.2) is 41.4 Å². The number of guanidine groups is 1. The van der Waals surface area contributed by atoms with E-state index in [2.05, 4.69) is 34.6 Å². The summed E-state index contributed by atoms with van der Waals surface area (Å²) in [6, 6.07) is 12.5. The summed E-state index contributed by atoms with van der Waals surface area (Å²) in [6.45, 7) is 2.53. The number of fused-ring (bicyclic) bond motifs is 1. The summed E-state index contributed by atoms with van der Waals surface area (Å²) in [5.74, 6) is 1.27. The molecular weight excluding hydrogens is 286 g/mol. The maximum absolute atomic E-state index is 6.02. The molecule has 0 heterocycles. The van der Waals surface area contributed by atoms with Gasteiger partial charge in [0.25, 0.3) is 0 Å². The van der Waals surface area contributed by atoms with Gasteiger partial charge in [-0.3, -0.25) is 0 Å². The first kappa shape index (κ1) is 15.4. The third kappa shape index (κ3) is 3.65. The minimum atomic E-state index is 0.422. The highest BCUT2D eigenvalue weighted by atomic mass is 16.5. The van der Waals surface area contributed by atoms with E-state index in [1.54, 1.807) is 7.11 Å². The minimum absolute atomic E-state index is 0.422. The highest BCUT2D eigenvalue weighted by Gasteiger charge is 2.11. The van der Waals surface area contributed by atoms with Crippen LogP contribution in [0.2, 0.25) is 0 Å². The topological polar surface area (TPSA) is 59.6 Å². The van der Waals surface area contributed by atoms with Crippen LogP contribution < -0.4 is 15.8 Å². The Hall–Kier alpha value is -2.49. The number of methoxy groups -OCH3 is 1. The fraction of sp³-hybridized carbons (Fsp3) is 0.316. The number of rotatable bonds is 4. The molecule has 0 bridgehead atoms. The fourth-order valence-electron chi connectivity index (χ4n) is 2.99. The van der Waals surface area contributed by atoms with Crippen molar-refractivity contribution in [3.05, 3.63) is 58.7 Å².